The van der Waals surface area contributed by atoms with Gasteiger partial charge in [-0.05, 0) is 23.6 Å². The van der Waals surface area contributed by atoms with Gasteiger partial charge in [-0.2, -0.15) is 0 Å². The number of aromatic nitrogens is 2. The Kier molecular flexibility index (Phi) is 3.08. The number of carbonyl (C=O) groups excluding carboxylic acids is 1. The number of benzene rings is 1. The Hall–Kier alpha value is -2.47. The van der Waals surface area contributed by atoms with Gasteiger partial charge in [-0.15, -0.1) is 11.3 Å². The second-order valence-corrected chi connectivity index (χ2v) is 5.23. The fourth-order valence-corrected chi connectivity index (χ4v) is 2.67. The van der Waals surface area contributed by atoms with E-state index in [0.717, 1.165) is 4.68 Å². The third kappa shape index (κ3) is 2.10. The smallest absolute Gasteiger partial charge is 0.273 e. The van der Waals surface area contributed by atoms with Crippen molar-refractivity contribution in [3.05, 3.63) is 67.4 Å². The number of nitrogens with one attached hydrogen (secondary N) is 1. The van der Waals surface area contributed by atoms with E-state index < -0.39 is 0 Å². The van der Waals surface area contributed by atoms with Gasteiger partial charge in [0.1, 0.15) is 6.54 Å². The van der Waals surface area contributed by atoms with Crippen molar-refractivity contribution in [2.75, 3.05) is 0 Å². The molecule has 0 saturated heterocycles. The molecule has 3 aromatic rings. The molecular weight excluding hydrogens is 276 g/mol. The maximum absolute atomic E-state index is 12.2. The van der Waals surface area contributed by atoms with E-state index in [4.69, 9.17) is 0 Å². The van der Waals surface area contributed by atoms with Gasteiger partial charge in [-0.1, -0.05) is 18.2 Å². The maximum Gasteiger partial charge on any atom is 0.273 e. The van der Waals surface area contributed by atoms with Gasteiger partial charge in [0.25, 0.3) is 11.1 Å². The van der Waals surface area contributed by atoms with Crippen LogP contribution in [0.3, 0.4) is 0 Å². The lowest BCUT2D eigenvalue weighted by Gasteiger charge is -2.05. The number of ketones is 1. The Bertz CT molecular complexity index is 891. The molecule has 0 aliphatic carbocycles. The highest BCUT2D eigenvalue weighted by atomic mass is 32.1. The number of thiophene rings is 1. The molecule has 2 aromatic heterocycles. The van der Waals surface area contributed by atoms with Crippen molar-refractivity contribution in [1.82, 2.24) is 9.78 Å². The van der Waals surface area contributed by atoms with E-state index in [9.17, 15) is 14.4 Å². The van der Waals surface area contributed by atoms with Crippen molar-refractivity contribution in [2.24, 2.45) is 0 Å². The second-order valence-electron chi connectivity index (χ2n) is 4.28. The average molecular weight is 286 g/mol. The predicted molar refractivity (Wildman–Crippen MR) is 77.5 cm³/mol. The summed E-state index contributed by atoms with van der Waals surface area (Å²) in [5, 5.41) is 4.88. The Morgan fingerprint density at radius 3 is 2.55 bits per heavy atom. The van der Waals surface area contributed by atoms with Gasteiger partial charge in [0.2, 0.25) is 0 Å². The van der Waals surface area contributed by atoms with E-state index in [2.05, 4.69) is 5.10 Å². The van der Waals surface area contributed by atoms with Crippen molar-refractivity contribution in [3.8, 4) is 0 Å². The normalized spacial score (nSPS) is 10.8. The summed E-state index contributed by atoms with van der Waals surface area (Å²) in [5.74, 6) is -0.201. The van der Waals surface area contributed by atoms with E-state index >= 15 is 0 Å². The van der Waals surface area contributed by atoms with Gasteiger partial charge in [0.05, 0.1) is 15.6 Å². The van der Waals surface area contributed by atoms with Crippen LogP contribution < -0.4 is 11.1 Å². The summed E-state index contributed by atoms with van der Waals surface area (Å²) in [6.45, 7) is -0.167. The van der Waals surface area contributed by atoms with Crippen LogP contribution in [-0.4, -0.2) is 15.6 Å². The monoisotopic (exact) mass is 286 g/mol. The Morgan fingerprint density at radius 2 is 1.85 bits per heavy atom. The van der Waals surface area contributed by atoms with Crippen LogP contribution in [0, 0.1) is 0 Å². The summed E-state index contributed by atoms with van der Waals surface area (Å²) < 4.78 is 1.06. The third-order valence-corrected chi connectivity index (χ3v) is 3.89. The van der Waals surface area contributed by atoms with Crippen LogP contribution in [0.15, 0.2) is 51.4 Å². The third-order valence-electron chi connectivity index (χ3n) is 2.98. The van der Waals surface area contributed by atoms with Gasteiger partial charge < -0.3 is 0 Å². The first kappa shape index (κ1) is 12.6. The molecule has 0 spiro atoms. The minimum atomic E-state index is -0.376. The zero-order valence-corrected chi connectivity index (χ0v) is 11.1. The molecule has 0 amide bonds. The highest BCUT2D eigenvalue weighted by Crippen LogP contribution is 2.10. The molecule has 0 aliphatic heterocycles. The topological polar surface area (TPSA) is 71.9 Å². The standard InChI is InChI=1S/C14H10N2O3S/c17-11(12-6-3-7-20-12)8-16-14(19)10-5-2-1-4-9(10)13(18)15-16/h1-7H,8H2,(H,15,18). The van der Waals surface area contributed by atoms with Crippen molar-refractivity contribution >= 4 is 27.9 Å². The Morgan fingerprint density at radius 1 is 1.10 bits per heavy atom. The predicted octanol–water partition coefficient (Wildman–Crippen LogP) is 1.63. The quantitative estimate of drug-likeness (QED) is 0.744. The molecule has 0 unspecified atom stereocenters. The minimum Gasteiger partial charge on any atom is -0.291 e. The summed E-state index contributed by atoms with van der Waals surface area (Å²) in [6, 6.07) is 10.0. The van der Waals surface area contributed by atoms with E-state index in [-0.39, 0.29) is 23.4 Å². The van der Waals surface area contributed by atoms with Gasteiger partial charge in [-0.25, -0.2) is 4.68 Å². The number of hydrogen-bond donors (Lipinski definition) is 1. The minimum absolute atomic E-state index is 0.167. The van der Waals surface area contributed by atoms with Crippen LogP contribution in [-0.2, 0) is 6.54 Å². The highest BCUT2D eigenvalue weighted by Gasteiger charge is 2.12. The van der Waals surface area contributed by atoms with Crippen molar-refractivity contribution in [1.29, 1.82) is 0 Å². The van der Waals surface area contributed by atoms with Crippen LogP contribution in [0.1, 0.15) is 9.67 Å². The van der Waals surface area contributed by atoms with Crippen LogP contribution in [0.4, 0.5) is 0 Å². The lowest BCUT2D eigenvalue weighted by Crippen LogP contribution is -2.32. The molecule has 100 valence electrons. The van der Waals surface area contributed by atoms with Gasteiger partial charge >= 0.3 is 0 Å². The molecule has 0 saturated carbocycles. The Balaban J connectivity index is 2.09. The number of aromatic amines is 1. The number of rotatable bonds is 3. The fourth-order valence-electron chi connectivity index (χ4n) is 2.02. The largest absolute Gasteiger partial charge is 0.291 e. The van der Waals surface area contributed by atoms with Crippen LogP contribution >= 0.6 is 11.3 Å². The zero-order valence-electron chi connectivity index (χ0n) is 10.3. The summed E-state index contributed by atoms with van der Waals surface area (Å²) in [7, 11) is 0. The number of hydrogen-bond acceptors (Lipinski definition) is 4. The summed E-state index contributed by atoms with van der Waals surface area (Å²) in [6.07, 6.45) is 0. The van der Waals surface area contributed by atoms with Gasteiger partial charge in [0.15, 0.2) is 5.78 Å². The summed E-state index contributed by atoms with van der Waals surface area (Å²) >= 11 is 1.31. The molecule has 3 rings (SSSR count). The molecule has 0 bridgehead atoms. The van der Waals surface area contributed by atoms with Crippen molar-refractivity contribution in [2.45, 2.75) is 6.54 Å². The number of H-pyrrole nitrogens is 1. The molecule has 6 heteroatoms. The SMILES string of the molecule is O=C(Cn1[nH]c(=O)c2ccccc2c1=O)c1cccs1. The van der Waals surface area contributed by atoms with Gasteiger partial charge in [0, 0.05) is 0 Å². The highest BCUT2D eigenvalue weighted by molar-refractivity contribution is 7.12. The molecule has 0 aliphatic rings. The summed E-state index contributed by atoms with van der Waals surface area (Å²) in [5.41, 5.74) is -0.746. The van der Waals surface area contributed by atoms with Crippen molar-refractivity contribution in [3.63, 3.8) is 0 Å². The number of carbonyl (C=O) groups is 1. The lowest BCUT2D eigenvalue weighted by atomic mass is 10.2. The number of Topliss-reactive ketones (excluding diaryl/α,β-unsaturated/α-hetero) is 1. The molecule has 0 radical (unpaired) electrons. The number of fused-ring (bicyclic) bond motifs is 1. The molecule has 0 fully saturated rings. The van der Waals surface area contributed by atoms with Crippen molar-refractivity contribution < 1.29 is 4.79 Å². The molecule has 0 atom stereocenters. The molecule has 5 nitrogen and oxygen atoms in total. The molecular formula is C14H10N2O3S. The first-order valence-corrected chi connectivity index (χ1v) is 6.83. The second kappa shape index (κ2) is 4.90. The molecule has 1 aromatic carbocycles. The lowest BCUT2D eigenvalue weighted by molar-refractivity contribution is 0.0969. The molecule has 2 heterocycles. The van der Waals surface area contributed by atoms with Gasteiger partial charge in [-0.3, -0.25) is 19.5 Å². The molecule has 1 N–H and O–H groups in total. The average Bonchev–Trinajstić information content (AvgIpc) is 2.99. The van der Waals surface area contributed by atoms with Crippen LogP contribution in [0.2, 0.25) is 0 Å². The zero-order chi connectivity index (χ0) is 14.1. The molecule has 20 heavy (non-hydrogen) atoms. The maximum atomic E-state index is 12.2. The fraction of sp³-hybridized carbons (Fsp3) is 0.0714. The van der Waals surface area contributed by atoms with E-state index in [0.29, 0.717) is 15.6 Å². The first-order valence-electron chi connectivity index (χ1n) is 5.95. The first-order chi connectivity index (χ1) is 9.66. The van der Waals surface area contributed by atoms with Crippen LogP contribution in [0.5, 0.6) is 0 Å². The Labute approximate surface area is 117 Å². The van der Waals surface area contributed by atoms with Crippen LogP contribution in [0.25, 0.3) is 10.8 Å². The van der Waals surface area contributed by atoms with E-state index in [1.165, 1.54) is 11.3 Å². The summed E-state index contributed by atoms with van der Waals surface area (Å²) in [4.78, 5) is 36.7. The van der Waals surface area contributed by atoms with E-state index in [1.54, 1.807) is 41.8 Å². The van der Waals surface area contributed by atoms with E-state index in [1.807, 2.05) is 0 Å². The number of nitrogens with zero attached hydrogens (tertiary/aromatic N) is 1.